The molecule has 126 valence electrons. The number of nitrogens with zero attached hydrogens (tertiary/aromatic N) is 2. The van der Waals surface area contributed by atoms with Crippen molar-refractivity contribution < 1.29 is 0 Å². The van der Waals surface area contributed by atoms with E-state index in [1.807, 2.05) is 36.4 Å². The molecule has 0 heterocycles. The van der Waals surface area contributed by atoms with Crippen molar-refractivity contribution in [3.8, 4) is 0 Å². The van der Waals surface area contributed by atoms with Gasteiger partial charge in [-0.3, -0.25) is 5.43 Å². The van der Waals surface area contributed by atoms with Crippen molar-refractivity contribution in [2.45, 2.75) is 6.54 Å². The first-order chi connectivity index (χ1) is 12.2. The maximum atomic E-state index is 4.68. The summed E-state index contributed by atoms with van der Waals surface area (Å²) in [5, 5.41) is 4.68. The highest BCUT2D eigenvalue weighted by atomic mass is 15.3. The molecule has 25 heavy (non-hydrogen) atoms. The second-order valence-electron chi connectivity index (χ2n) is 6.24. The van der Waals surface area contributed by atoms with Crippen LogP contribution in [0.4, 0.5) is 5.69 Å². The van der Waals surface area contributed by atoms with Crippen LogP contribution in [0.15, 0.2) is 90.0 Å². The molecule has 0 saturated heterocycles. The van der Waals surface area contributed by atoms with Gasteiger partial charge in [0.1, 0.15) is 0 Å². The normalized spacial score (nSPS) is 10.5. The minimum absolute atomic E-state index is 0.929. The highest BCUT2D eigenvalue weighted by Crippen LogP contribution is 2.14. The van der Waals surface area contributed by atoms with Crippen LogP contribution in [-0.2, 0) is 6.54 Å². The highest BCUT2D eigenvalue weighted by Gasteiger charge is 2.06. The van der Waals surface area contributed by atoms with Crippen molar-refractivity contribution in [1.29, 1.82) is 0 Å². The maximum Gasteiger partial charge on any atom is 0.0977 e. The number of anilines is 1. The van der Waals surface area contributed by atoms with Crippen LogP contribution in [0.2, 0.25) is 0 Å². The molecule has 0 aromatic heterocycles. The van der Waals surface area contributed by atoms with Gasteiger partial charge in [0, 0.05) is 17.7 Å². The third kappa shape index (κ3) is 4.78. The van der Waals surface area contributed by atoms with E-state index in [9.17, 15) is 0 Å². The molecule has 3 nitrogen and oxygen atoms in total. The van der Waals surface area contributed by atoms with Crippen molar-refractivity contribution >= 4 is 11.4 Å². The molecule has 0 bridgehead atoms. The van der Waals surface area contributed by atoms with Crippen LogP contribution >= 0.6 is 0 Å². The van der Waals surface area contributed by atoms with Gasteiger partial charge in [0.05, 0.1) is 11.4 Å². The molecular weight excluding hydrogens is 306 g/mol. The van der Waals surface area contributed by atoms with Gasteiger partial charge in [0.15, 0.2) is 0 Å². The molecule has 0 saturated carbocycles. The Morgan fingerprint density at radius 2 is 1.28 bits per heavy atom. The molecule has 0 amide bonds. The zero-order chi connectivity index (χ0) is 17.5. The number of hydrazone groups is 1. The number of nitrogens with one attached hydrogen (secondary N) is 1. The molecule has 3 rings (SSSR count). The van der Waals surface area contributed by atoms with Gasteiger partial charge in [0.25, 0.3) is 0 Å². The number of benzene rings is 3. The topological polar surface area (TPSA) is 27.6 Å². The van der Waals surface area contributed by atoms with E-state index >= 15 is 0 Å². The summed E-state index contributed by atoms with van der Waals surface area (Å²) >= 11 is 0. The van der Waals surface area contributed by atoms with Crippen molar-refractivity contribution in [3.63, 3.8) is 0 Å². The van der Waals surface area contributed by atoms with Gasteiger partial charge in [-0.15, -0.1) is 0 Å². The second kappa shape index (κ2) is 8.27. The van der Waals surface area contributed by atoms with E-state index in [2.05, 4.69) is 78.1 Å². The third-order valence-electron chi connectivity index (χ3n) is 3.84. The smallest absolute Gasteiger partial charge is 0.0977 e. The van der Waals surface area contributed by atoms with Crippen LogP contribution in [0.3, 0.4) is 0 Å². The van der Waals surface area contributed by atoms with E-state index in [4.69, 9.17) is 0 Å². The standard InChI is InChI=1S/C22H23N3/c1-25(2)17-18-13-15-21(16-14-18)23-24-22(19-9-5-3-6-10-19)20-11-7-4-8-12-20/h3-16,23H,17H2,1-2H3. The first kappa shape index (κ1) is 16.9. The summed E-state index contributed by atoms with van der Waals surface area (Å²) in [6, 6.07) is 28.9. The van der Waals surface area contributed by atoms with Crippen LogP contribution in [0.1, 0.15) is 16.7 Å². The lowest BCUT2D eigenvalue weighted by Gasteiger charge is -2.11. The molecule has 3 aromatic rings. The molecule has 0 aliphatic rings. The van der Waals surface area contributed by atoms with E-state index < -0.39 is 0 Å². The van der Waals surface area contributed by atoms with Crippen LogP contribution in [-0.4, -0.2) is 24.7 Å². The van der Waals surface area contributed by atoms with Gasteiger partial charge >= 0.3 is 0 Å². The van der Waals surface area contributed by atoms with E-state index in [0.717, 1.165) is 29.1 Å². The Morgan fingerprint density at radius 1 is 0.760 bits per heavy atom. The zero-order valence-electron chi connectivity index (χ0n) is 14.7. The average molecular weight is 329 g/mol. The quantitative estimate of drug-likeness (QED) is 0.528. The maximum absolute atomic E-state index is 4.68. The van der Waals surface area contributed by atoms with E-state index in [1.165, 1.54) is 5.56 Å². The summed E-state index contributed by atoms with van der Waals surface area (Å²) in [7, 11) is 4.14. The van der Waals surface area contributed by atoms with Crippen LogP contribution in [0, 0.1) is 0 Å². The molecule has 0 radical (unpaired) electrons. The van der Waals surface area contributed by atoms with Crippen molar-refractivity contribution in [2.75, 3.05) is 19.5 Å². The van der Waals surface area contributed by atoms with Crippen molar-refractivity contribution in [1.82, 2.24) is 4.90 Å². The predicted octanol–water partition coefficient (Wildman–Crippen LogP) is 4.61. The number of hydrogen-bond donors (Lipinski definition) is 1. The van der Waals surface area contributed by atoms with E-state index in [1.54, 1.807) is 0 Å². The Bertz CT molecular complexity index is 765. The summed E-state index contributed by atoms with van der Waals surface area (Å²) in [6.07, 6.45) is 0. The van der Waals surface area contributed by atoms with E-state index in [-0.39, 0.29) is 0 Å². The molecule has 0 aliphatic carbocycles. The van der Waals surface area contributed by atoms with Crippen LogP contribution in [0.25, 0.3) is 0 Å². The lowest BCUT2D eigenvalue weighted by atomic mass is 10.0. The van der Waals surface area contributed by atoms with Gasteiger partial charge in [-0.05, 0) is 31.8 Å². The minimum Gasteiger partial charge on any atom is -0.305 e. The Kier molecular flexibility index (Phi) is 5.60. The fourth-order valence-electron chi connectivity index (χ4n) is 2.66. The van der Waals surface area contributed by atoms with Gasteiger partial charge in [-0.2, -0.15) is 5.10 Å². The SMILES string of the molecule is CN(C)Cc1ccc(NN=C(c2ccccc2)c2ccccc2)cc1. The van der Waals surface area contributed by atoms with E-state index in [0.29, 0.717) is 0 Å². The summed E-state index contributed by atoms with van der Waals surface area (Å²) in [5.41, 5.74) is 8.56. The molecule has 0 aliphatic heterocycles. The summed E-state index contributed by atoms with van der Waals surface area (Å²) < 4.78 is 0. The fraction of sp³-hybridized carbons (Fsp3) is 0.136. The molecule has 3 heteroatoms. The van der Waals surface area contributed by atoms with Crippen molar-refractivity contribution in [2.24, 2.45) is 5.10 Å². The molecule has 3 aromatic carbocycles. The highest BCUT2D eigenvalue weighted by molar-refractivity contribution is 6.13. The van der Waals surface area contributed by atoms with Crippen molar-refractivity contribution in [3.05, 3.63) is 102 Å². The molecule has 0 fully saturated rings. The fourth-order valence-corrected chi connectivity index (χ4v) is 2.66. The third-order valence-corrected chi connectivity index (χ3v) is 3.84. The summed E-state index contributed by atoms with van der Waals surface area (Å²) in [4.78, 5) is 2.16. The predicted molar refractivity (Wildman–Crippen MR) is 106 cm³/mol. The van der Waals surface area contributed by atoms with Gasteiger partial charge in [0.2, 0.25) is 0 Å². The van der Waals surface area contributed by atoms with Gasteiger partial charge in [-0.1, -0.05) is 72.8 Å². The minimum atomic E-state index is 0.929. The molecule has 0 unspecified atom stereocenters. The average Bonchev–Trinajstić information content (AvgIpc) is 2.65. The van der Waals surface area contributed by atoms with Gasteiger partial charge in [-0.25, -0.2) is 0 Å². The number of hydrogen-bond acceptors (Lipinski definition) is 3. The summed E-state index contributed by atoms with van der Waals surface area (Å²) in [5.74, 6) is 0. The Balaban J connectivity index is 1.84. The van der Waals surface area contributed by atoms with Crippen LogP contribution < -0.4 is 5.43 Å². The first-order valence-electron chi connectivity index (χ1n) is 8.40. The largest absolute Gasteiger partial charge is 0.305 e. The lowest BCUT2D eigenvalue weighted by molar-refractivity contribution is 0.402. The second-order valence-corrected chi connectivity index (χ2v) is 6.24. The van der Waals surface area contributed by atoms with Crippen LogP contribution in [0.5, 0.6) is 0 Å². The Morgan fingerprint density at radius 3 is 1.76 bits per heavy atom. The molecular formula is C22H23N3. The first-order valence-corrected chi connectivity index (χ1v) is 8.40. The molecule has 0 atom stereocenters. The molecule has 0 spiro atoms. The summed E-state index contributed by atoms with van der Waals surface area (Å²) in [6.45, 7) is 0.933. The Hall–Kier alpha value is -2.91. The molecule has 1 N–H and O–H groups in total. The van der Waals surface area contributed by atoms with Gasteiger partial charge < -0.3 is 4.90 Å². The zero-order valence-corrected chi connectivity index (χ0v) is 14.7. The number of rotatable bonds is 6. The monoisotopic (exact) mass is 329 g/mol. The Labute approximate surface area is 149 Å². The lowest BCUT2D eigenvalue weighted by Crippen LogP contribution is -2.10.